The van der Waals surface area contributed by atoms with E-state index in [1.165, 1.54) is 51.6 Å². The molecule has 0 radical (unpaired) electrons. The second kappa shape index (κ2) is 3.21. The first-order valence-corrected chi connectivity index (χ1v) is 6.27. The molecule has 3 rings (SSSR count). The van der Waals surface area contributed by atoms with Gasteiger partial charge in [0.15, 0.2) is 0 Å². The molecule has 0 bridgehead atoms. The van der Waals surface area contributed by atoms with Crippen LogP contribution in [-0.2, 0) is 0 Å². The molecule has 1 unspecified atom stereocenters. The summed E-state index contributed by atoms with van der Waals surface area (Å²) in [4.78, 5) is 2.71. The van der Waals surface area contributed by atoms with Crippen molar-refractivity contribution in [2.24, 2.45) is 17.1 Å². The number of likely N-dealkylation sites (tertiary alicyclic amines) is 1. The van der Waals surface area contributed by atoms with Gasteiger partial charge in [0.05, 0.1) is 0 Å². The van der Waals surface area contributed by atoms with Crippen LogP contribution >= 0.6 is 0 Å². The van der Waals surface area contributed by atoms with Gasteiger partial charge in [-0.15, -0.1) is 0 Å². The van der Waals surface area contributed by atoms with Crippen molar-refractivity contribution < 1.29 is 0 Å². The third-order valence-electron chi connectivity index (χ3n) is 4.76. The summed E-state index contributed by atoms with van der Waals surface area (Å²) in [5, 5.41) is 0. The van der Waals surface area contributed by atoms with Gasteiger partial charge >= 0.3 is 0 Å². The summed E-state index contributed by atoms with van der Waals surface area (Å²) in [5.74, 6) is 0.954. The second-order valence-corrected chi connectivity index (χ2v) is 5.71. The van der Waals surface area contributed by atoms with Crippen LogP contribution < -0.4 is 5.73 Å². The van der Waals surface area contributed by atoms with Crippen LogP contribution in [0, 0.1) is 11.3 Å². The minimum Gasteiger partial charge on any atom is -0.329 e. The molecule has 2 N–H and O–H groups in total. The molecule has 80 valence electrons. The highest BCUT2D eigenvalue weighted by molar-refractivity contribution is 5.00. The Hall–Kier alpha value is -0.0800. The van der Waals surface area contributed by atoms with Crippen LogP contribution in [0.5, 0.6) is 0 Å². The first kappa shape index (κ1) is 9.17. The fourth-order valence-corrected chi connectivity index (χ4v) is 3.46. The minimum absolute atomic E-state index is 0.731. The van der Waals surface area contributed by atoms with Gasteiger partial charge in [0.2, 0.25) is 0 Å². The van der Waals surface area contributed by atoms with Gasteiger partial charge < -0.3 is 5.73 Å². The number of rotatable bonds is 3. The highest BCUT2D eigenvalue weighted by Crippen LogP contribution is 2.49. The lowest BCUT2D eigenvalue weighted by Gasteiger charge is -2.39. The van der Waals surface area contributed by atoms with Crippen LogP contribution in [0.1, 0.15) is 38.5 Å². The van der Waals surface area contributed by atoms with E-state index >= 15 is 0 Å². The van der Waals surface area contributed by atoms with E-state index < -0.39 is 0 Å². The van der Waals surface area contributed by atoms with Crippen molar-refractivity contribution in [3.8, 4) is 0 Å². The molecule has 1 saturated heterocycles. The highest BCUT2D eigenvalue weighted by atomic mass is 15.2. The maximum absolute atomic E-state index is 5.90. The zero-order valence-electron chi connectivity index (χ0n) is 9.04. The molecular formula is C12H22N2. The quantitative estimate of drug-likeness (QED) is 0.739. The summed E-state index contributed by atoms with van der Waals surface area (Å²) in [6, 6.07) is 0.731. The van der Waals surface area contributed by atoms with E-state index in [0.717, 1.165) is 23.9 Å². The molecule has 2 saturated carbocycles. The molecule has 3 aliphatic rings. The molecule has 2 nitrogen and oxygen atoms in total. The standard InChI is InChI=1S/C12H22N2/c13-8-11(10-2-3-10)14-7-6-12(9-14)4-1-5-12/h10-11H,1-9,13H2. The number of nitrogens with zero attached hydrogens (tertiary/aromatic N) is 1. The lowest BCUT2D eigenvalue weighted by Crippen LogP contribution is -2.43. The third-order valence-corrected chi connectivity index (χ3v) is 4.76. The van der Waals surface area contributed by atoms with E-state index in [-0.39, 0.29) is 0 Å². The summed E-state index contributed by atoms with van der Waals surface area (Å²) < 4.78 is 0. The molecular weight excluding hydrogens is 172 g/mol. The molecule has 1 spiro atoms. The highest BCUT2D eigenvalue weighted by Gasteiger charge is 2.46. The Morgan fingerprint density at radius 2 is 2.07 bits per heavy atom. The van der Waals surface area contributed by atoms with Gasteiger partial charge in [-0.3, -0.25) is 4.90 Å². The molecule has 0 aromatic rings. The lowest BCUT2D eigenvalue weighted by molar-refractivity contribution is 0.120. The Morgan fingerprint density at radius 1 is 1.29 bits per heavy atom. The SMILES string of the molecule is NCC(C1CC1)N1CCC2(CCC2)C1. The van der Waals surface area contributed by atoms with Crippen molar-refractivity contribution in [2.75, 3.05) is 19.6 Å². The topological polar surface area (TPSA) is 29.3 Å². The Balaban J connectivity index is 1.62. The molecule has 1 heterocycles. The second-order valence-electron chi connectivity index (χ2n) is 5.71. The van der Waals surface area contributed by atoms with Crippen molar-refractivity contribution >= 4 is 0 Å². The van der Waals surface area contributed by atoms with Crippen LogP contribution in [0.25, 0.3) is 0 Å². The Morgan fingerprint density at radius 3 is 2.50 bits per heavy atom. The van der Waals surface area contributed by atoms with Crippen molar-refractivity contribution in [3.05, 3.63) is 0 Å². The molecule has 14 heavy (non-hydrogen) atoms. The Labute approximate surface area is 86.8 Å². The fraction of sp³-hybridized carbons (Fsp3) is 1.00. The van der Waals surface area contributed by atoms with Crippen LogP contribution in [-0.4, -0.2) is 30.6 Å². The minimum atomic E-state index is 0.731. The van der Waals surface area contributed by atoms with Crippen LogP contribution in [0.4, 0.5) is 0 Å². The van der Waals surface area contributed by atoms with Crippen LogP contribution in [0.15, 0.2) is 0 Å². The van der Waals surface area contributed by atoms with Crippen LogP contribution in [0.3, 0.4) is 0 Å². The first-order chi connectivity index (χ1) is 6.83. The largest absolute Gasteiger partial charge is 0.329 e. The monoisotopic (exact) mass is 194 g/mol. The number of nitrogens with two attached hydrogens (primary N) is 1. The van der Waals surface area contributed by atoms with Gasteiger partial charge in [0.1, 0.15) is 0 Å². The average molecular weight is 194 g/mol. The zero-order chi connectivity index (χ0) is 9.60. The molecule has 3 fully saturated rings. The molecule has 2 aliphatic carbocycles. The summed E-state index contributed by atoms with van der Waals surface area (Å²) in [5.41, 5.74) is 6.65. The van der Waals surface area contributed by atoms with Gasteiger partial charge in [0.25, 0.3) is 0 Å². The molecule has 0 aromatic carbocycles. The first-order valence-electron chi connectivity index (χ1n) is 6.27. The van der Waals surface area contributed by atoms with E-state index in [2.05, 4.69) is 4.90 Å². The van der Waals surface area contributed by atoms with Crippen molar-refractivity contribution in [2.45, 2.75) is 44.6 Å². The van der Waals surface area contributed by atoms with Gasteiger partial charge in [-0.2, -0.15) is 0 Å². The smallest absolute Gasteiger partial charge is 0.0246 e. The van der Waals surface area contributed by atoms with Gasteiger partial charge in [-0.25, -0.2) is 0 Å². The van der Waals surface area contributed by atoms with E-state index in [1.807, 2.05) is 0 Å². The zero-order valence-corrected chi connectivity index (χ0v) is 9.04. The number of hydrogen-bond acceptors (Lipinski definition) is 2. The molecule has 1 atom stereocenters. The lowest BCUT2D eigenvalue weighted by atomic mass is 9.68. The van der Waals surface area contributed by atoms with Crippen molar-refractivity contribution in [1.29, 1.82) is 0 Å². The predicted octanol–water partition coefficient (Wildman–Crippen LogP) is 1.60. The molecule has 0 aromatic heterocycles. The number of hydrogen-bond donors (Lipinski definition) is 1. The third kappa shape index (κ3) is 1.40. The van der Waals surface area contributed by atoms with Gasteiger partial charge in [-0.05, 0) is 50.0 Å². The van der Waals surface area contributed by atoms with E-state index in [0.29, 0.717) is 0 Å². The average Bonchev–Trinajstić information content (AvgIpc) is 2.83. The maximum Gasteiger partial charge on any atom is 0.0246 e. The molecule has 0 amide bonds. The summed E-state index contributed by atoms with van der Waals surface area (Å²) in [6.07, 6.45) is 8.79. The van der Waals surface area contributed by atoms with Crippen molar-refractivity contribution in [3.63, 3.8) is 0 Å². The molecule has 2 heteroatoms. The summed E-state index contributed by atoms with van der Waals surface area (Å²) >= 11 is 0. The Kier molecular flexibility index (Phi) is 2.10. The van der Waals surface area contributed by atoms with Crippen molar-refractivity contribution in [1.82, 2.24) is 4.90 Å². The molecule has 1 aliphatic heterocycles. The Bertz CT molecular complexity index is 218. The normalized spacial score (nSPS) is 33.2. The van der Waals surface area contributed by atoms with E-state index in [1.54, 1.807) is 0 Å². The maximum atomic E-state index is 5.90. The van der Waals surface area contributed by atoms with Gasteiger partial charge in [-0.1, -0.05) is 6.42 Å². The van der Waals surface area contributed by atoms with Crippen LogP contribution in [0.2, 0.25) is 0 Å². The van der Waals surface area contributed by atoms with E-state index in [9.17, 15) is 0 Å². The fourth-order valence-electron chi connectivity index (χ4n) is 3.46. The summed E-state index contributed by atoms with van der Waals surface area (Å²) in [7, 11) is 0. The summed E-state index contributed by atoms with van der Waals surface area (Å²) in [6.45, 7) is 3.59. The van der Waals surface area contributed by atoms with Gasteiger partial charge in [0, 0.05) is 19.1 Å². The van der Waals surface area contributed by atoms with E-state index in [4.69, 9.17) is 5.73 Å². The predicted molar refractivity (Wildman–Crippen MR) is 58.0 cm³/mol.